The monoisotopic (exact) mass is 235 g/mol. The number of hydrogen-bond acceptors (Lipinski definition) is 5. The van der Waals surface area contributed by atoms with Gasteiger partial charge >= 0.3 is 0 Å². The van der Waals surface area contributed by atoms with E-state index < -0.39 is 0 Å². The van der Waals surface area contributed by atoms with Crippen LogP contribution in [0.1, 0.15) is 18.5 Å². The first-order valence-electron chi connectivity index (χ1n) is 6.13. The van der Waals surface area contributed by atoms with E-state index in [-0.39, 0.29) is 0 Å². The Kier molecular flexibility index (Phi) is 3.91. The van der Waals surface area contributed by atoms with Crippen molar-refractivity contribution in [3.63, 3.8) is 0 Å². The molecule has 1 saturated heterocycles. The molecule has 5 nitrogen and oxygen atoms in total. The molecule has 1 fully saturated rings. The first kappa shape index (κ1) is 12.3. The number of aromatic nitrogens is 2. The molecular formula is C12H21N5. The molecule has 0 radical (unpaired) electrons. The van der Waals surface area contributed by atoms with Crippen molar-refractivity contribution in [3.8, 4) is 0 Å². The molecule has 94 valence electrons. The summed E-state index contributed by atoms with van der Waals surface area (Å²) in [5.41, 5.74) is 6.58. The fraction of sp³-hybridized carbons (Fsp3) is 0.667. The standard InChI is InChI=1S/C12H21N5/c1-16-7-3-4-10(9-16)17(2)12-11(8-13)14-5-6-15-12/h5-6,10H,3-4,7-9,13H2,1-2H3. The summed E-state index contributed by atoms with van der Waals surface area (Å²) < 4.78 is 0. The largest absolute Gasteiger partial charge is 0.354 e. The molecule has 1 aromatic heterocycles. The van der Waals surface area contributed by atoms with Crippen LogP contribution in [0.25, 0.3) is 0 Å². The van der Waals surface area contributed by atoms with E-state index in [1.165, 1.54) is 19.4 Å². The van der Waals surface area contributed by atoms with E-state index in [2.05, 4.69) is 33.9 Å². The first-order valence-corrected chi connectivity index (χ1v) is 6.13. The molecule has 17 heavy (non-hydrogen) atoms. The zero-order valence-corrected chi connectivity index (χ0v) is 10.6. The molecule has 0 spiro atoms. The van der Waals surface area contributed by atoms with Crippen molar-refractivity contribution < 1.29 is 0 Å². The number of hydrogen-bond donors (Lipinski definition) is 1. The van der Waals surface area contributed by atoms with Gasteiger partial charge < -0.3 is 15.5 Å². The number of likely N-dealkylation sites (N-methyl/N-ethyl adjacent to an activating group) is 2. The molecule has 0 bridgehead atoms. The van der Waals surface area contributed by atoms with Gasteiger partial charge in [-0.15, -0.1) is 0 Å². The third-order valence-corrected chi connectivity index (χ3v) is 3.43. The molecule has 1 aliphatic heterocycles. The van der Waals surface area contributed by atoms with Crippen LogP contribution in [-0.2, 0) is 6.54 Å². The fourth-order valence-electron chi connectivity index (χ4n) is 2.43. The van der Waals surface area contributed by atoms with Gasteiger partial charge in [0.2, 0.25) is 0 Å². The van der Waals surface area contributed by atoms with Crippen molar-refractivity contribution in [1.29, 1.82) is 0 Å². The number of piperidine rings is 1. The van der Waals surface area contributed by atoms with Crippen LogP contribution >= 0.6 is 0 Å². The zero-order chi connectivity index (χ0) is 12.3. The SMILES string of the molecule is CN1CCCC(N(C)c2nccnc2CN)C1. The quantitative estimate of drug-likeness (QED) is 0.825. The molecule has 0 amide bonds. The minimum atomic E-state index is 0.441. The normalized spacial score (nSPS) is 21.5. The van der Waals surface area contributed by atoms with Gasteiger partial charge in [0.25, 0.3) is 0 Å². The van der Waals surface area contributed by atoms with Gasteiger partial charge in [-0.3, -0.25) is 4.98 Å². The van der Waals surface area contributed by atoms with E-state index in [1.54, 1.807) is 12.4 Å². The lowest BCUT2D eigenvalue weighted by Crippen LogP contribution is -2.45. The van der Waals surface area contributed by atoms with Crippen LogP contribution in [0.5, 0.6) is 0 Å². The Labute approximate surface area is 103 Å². The molecule has 0 aromatic carbocycles. The molecule has 0 saturated carbocycles. The average Bonchev–Trinajstić information content (AvgIpc) is 2.38. The van der Waals surface area contributed by atoms with E-state index in [0.29, 0.717) is 12.6 Å². The van der Waals surface area contributed by atoms with E-state index in [0.717, 1.165) is 18.1 Å². The maximum atomic E-state index is 5.71. The molecule has 5 heteroatoms. The highest BCUT2D eigenvalue weighted by atomic mass is 15.2. The number of rotatable bonds is 3. The van der Waals surface area contributed by atoms with Gasteiger partial charge in [-0.05, 0) is 26.4 Å². The number of likely N-dealkylation sites (tertiary alicyclic amines) is 1. The van der Waals surface area contributed by atoms with Crippen molar-refractivity contribution >= 4 is 5.82 Å². The second kappa shape index (κ2) is 5.42. The van der Waals surface area contributed by atoms with E-state index >= 15 is 0 Å². The molecule has 0 aliphatic carbocycles. The molecule has 2 heterocycles. The maximum absolute atomic E-state index is 5.71. The molecule has 1 aliphatic rings. The lowest BCUT2D eigenvalue weighted by atomic mass is 10.0. The van der Waals surface area contributed by atoms with Crippen LogP contribution in [0.2, 0.25) is 0 Å². The second-order valence-corrected chi connectivity index (χ2v) is 4.70. The summed E-state index contributed by atoms with van der Waals surface area (Å²) in [7, 11) is 4.26. The predicted molar refractivity (Wildman–Crippen MR) is 68.8 cm³/mol. The van der Waals surface area contributed by atoms with Crippen molar-refractivity contribution in [2.45, 2.75) is 25.4 Å². The average molecular weight is 235 g/mol. The number of nitrogens with zero attached hydrogens (tertiary/aromatic N) is 4. The van der Waals surface area contributed by atoms with Gasteiger partial charge in [0.1, 0.15) is 0 Å². The van der Waals surface area contributed by atoms with Gasteiger partial charge in [0, 0.05) is 38.6 Å². The Balaban J connectivity index is 2.15. The maximum Gasteiger partial charge on any atom is 0.151 e. The third-order valence-electron chi connectivity index (χ3n) is 3.43. The van der Waals surface area contributed by atoms with Crippen molar-refractivity contribution in [1.82, 2.24) is 14.9 Å². The summed E-state index contributed by atoms with van der Waals surface area (Å²) in [5.74, 6) is 0.926. The molecule has 1 aromatic rings. The summed E-state index contributed by atoms with van der Waals surface area (Å²) in [6.07, 6.45) is 5.88. The number of anilines is 1. The lowest BCUT2D eigenvalue weighted by molar-refractivity contribution is 0.247. The van der Waals surface area contributed by atoms with Crippen LogP contribution in [-0.4, -0.2) is 48.1 Å². The summed E-state index contributed by atoms with van der Waals surface area (Å²) in [4.78, 5) is 13.3. The van der Waals surface area contributed by atoms with Crippen LogP contribution < -0.4 is 10.6 Å². The van der Waals surface area contributed by atoms with Crippen LogP contribution in [0, 0.1) is 0 Å². The van der Waals surface area contributed by atoms with Gasteiger partial charge in [-0.1, -0.05) is 0 Å². The minimum Gasteiger partial charge on any atom is -0.354 e. The van der Waals surface area contributed by atoms with Gasteiger partial charge in [0.15, 0.2) is 5.82 Å². The van der Waals surface area contributed by atoms with E-state index in [4.69, 9.17) is 5.73 Å². The Bertz CT molecular complexity index is 368. The predicted octanol–water partition coefficient (Wildman–Crippen LogP) is 0.466. The number of nitrogens with two attached hydrogens (primary N) is 1. The summed E-state index contributed by atoms with van der Waals surface area (Å²) in [6.45, 7) is 2.71. The Morgan fingerprint density at radius 3 is 2.94 bits per heavy atom. The molecule has 1 unspecified atom stereocenters. The Morgan fingerprint density at radius 1 is 1.47 bits per heavy atom. The highest BCUT2D eigenvalue weighted by Gasteiger charge is 2.23. The minimum absolute atomic E-state index is 0.441. The molecule has 2 N–H and O–H groups in total. The van der Waals surface area contributed by atoms with Crippen molar-refractivity contribution in [2.75, 3.05) is 32.1 Å². The first-order chi connectivity index (χ1) is 8.22. The Hall–Kier alpha value is -1.20. The molecule has 1 atom stereocenters. The van der Waals surface area contributed by atoms with Crippen LogP contribution in [0.3, 0.4) is 0 Å². The highest BCUT2D eigenvalue weighted by Crippen LogP contribution is 2.20. The highest BCUT2D eigenvalue weighted by molar-refractivity contribution is 5.43. The van der Waals surface area contributed by atoms with Gasteiger partial charge in [-0.25, -0.2) is 4.98 Å². The molecule has 2 rings (SSSR count). The lowest BCUT2D eigenvalue weighted by Gasteiger charge is -2.36. The van der Waals surface area contributed by atoms with Crippen LogP contribution in [0.15, 0.2) is 12.4 Å². The van der Waals surface area contributed by atoms with Crippen molar-refractivity contribution in [3.05, 3.63) is 18.1 Å². The summed E-state index contributed by atoms with van der Waals surface area (Å²) in [6, 6.07) is 0.510. The molecular weight excluding hydrogens is 214 g/mol. The van der Waals surface area contributed by atoms with Crippen LogP contribution in [0.4, 0.5) is 5.82 Å². The summed E-state index contributed by atoms with van der Waals surface area (Å²) >= 11 is 0. The fourth-order valence-corrected chi connectivity index (χ4v) is 2.43. The second-order valence-electron chi connectivity index (χ2n) is 4.70. The third kappa shape index (κ3) is 2.73. The smallest absolute Gasteiger partial charge is 0.151 e. The van der Waals surface area contributed by atoms with Gasteiger partial charge in [-0.2, -0.15) is 0 Å². The van der Waals surface area contributed by atoms with Gasteiger partial charge in [0.05, 0.1) is 5.69 Å². The van der Waals surface area contributed by atoms with E-state index in [1.807, 2.05) is 0 Å². The van der Waals surface area contributed by atoms with E-state index in [9.17, 15) is 0 Å². The zero-order valence-electron chi connectivity index (χ0n) is 10.6. The summed E-state index contributed by atoms with van der Waals surface area (Å²) in [5, 5.41) is 0. The van der Waals surface area contributed by atoms with Crippen molar-refractivity contribution in [2.24, 2.45) is 5.73 Å². The Morgan fingerprint density at radius 2 is 2.24 bits per heavy atom. The topological polar surface area (TPSA) is 58.3 Å².